The van der Waals surface area contributed by atoms with Gasteiger partial charge in [0.25, 0.3) is 5.69 Å². The molecule has 1 heterocycles. The summed E-state index contributed by atoms with van der Waals surface area (Å²) in [5.41, 5.74) is 4.32. The van der Waals surface area contributed by atoms with Crippen LogP contribution in [0.1, 0.15) is 16.8 Å². The number of benzene rings is 1. The van der Waals surface area contributed by atoms with Crippen molar-refractivity contribution >= 4 is 29.2 Å². The number of rotatable bonds is 4. The lowest BCUT2D eigenvalue weighted by Gasteiger charge is -2.16. The Labute approximate surface area is 118 Å². The standard InChI is InChI=1S/C12H11N3O6/c13-11(17)7-4-10(16)14(5-7)8-2-1-6(12(18)19)3-9(8)15(20)21/h1-3,7H,4-5H2,(H2,13,17)(H,18,19). The molecule has 1 fully saturated rings. The second kappa shape index (κ2) is 5.19. The van der Waals surface area contributed by atoms with Gasteiger partial charge in [-0.1, -0.05) is 0 Å². The van der Waals surface area contributed by atoms with Crippen LogP contribution in [0.15, 0.2) is 18.2 Å². The first-order chi connectivity index (χ1) is 9.81. The molecule has 3 N–H and O–H groups in total. The first-order valence-corrected chi connectivity index (χ1v) is 5.92. The van der Waals surface area contributed by atoms with Gasteiger partial charge in [-0.3, -0.25) is 19.7 Å². The number of aromatic carboxylic acids is 1. The van der Waals surface area contributed by atoms with Gasteiger partial charge in [0.1, 0.15) is 5.69 Å². The predicted molar refractivity (Wildman–Crippen MR) is 69.7 cm³/mol. The first-order valence-electron chi connectivity index (χ1n) is 5.92. The minimum atomic E-state index is -1.31. The SMILES string of the molecule is NC(=O)C1CC(=O)N(c2ccc(C(=O)O)cc2[N+](=O)[O-])C1. The molecule has 2 rings (SSSR count). The summed E-state index contributed by atoms with van der Waals surface area (Å²) < 4.78 is 0. The van der Waals surface area contributed by atoms with Gasteiger partial charge in [0.15, 0.2) is 0 Å². The van der Waals surface area contributed by atoms with E-state index < -0.39 is 34.3 Å². The molecule has 1 aromatic rings. The summed E-state index contributed by atoms with van der Waals surface area (Å²) in [6.07, 6.45) is -0.118. The second-order valence-corrected chi connectivity index (χ2v) is 4.57. The molecule has 0 radical (unpaired) electrons. The summed E-state index contributed by atoms with van der Waals surface area (Å²) in [5, 5.41) is 19.9. The van der Waals surface area contributed by atoms with Gasteiger partial charge >= 0.3 is 5.97 Å². The summed E-state index contributed by atoms with van der Waals surface area (Å²) in [6.45, 7) is -0.0541. The van der Waals surface area contributed by atoms with Gasteiger partial charge in [-0.05, 0) is 12.1 Å². The van der Waals surface area contributed by atoms with Crippen LogP contribution in [-0.2, 0) is 9.59 Å². The van der Waals surface area contributed by atoms with Crippen molar-refractivity contribution in [1.29, 1.82) is 0 Å². The maximum atomic E-state index is 11.9. The zero-order valence-electron chi connectivity index (χ0n) is 10.7. The van der Waals surface area contributed by atoms with Crippen LogP contribution in [0.3, 0.4) is 0 Å². The van der Waals surface area contributed by atoms with E-state index in [4.69, 9.17) is 10.8 Å². The summed E-state index contributed by atoms with van der Waals surface area (Å²) in [4.78, 5) is 45.2. The third-order valence-electron chi connectivity index (χ3n) is 3.24. The van der Waals surface area contributed by atoms with Crippen molar-refractivity contribution in [2.45, 2.75) is 6.42 Å². The number of anilines is 1. The molecule has 0 aliphatic carbocycles. The highest BCUT2D eigenvalue weighted by atomic mass is 16.6. The van der Waals surface area contributed by atoms with Crippen molar-refractivity contribution in [3.05, 3.63) is 33.9 Å². The highest BCUT2D eigenvalue weighted by molar-refractivity contribution is 6.02. The number of nitrogens with zero attached hydrogens (tertiary/aromatic N) is 2. The number of nitro benzene ring substituents is 1. The molecule has 1 aromatic carbocycles. The number of hydrogen-bond acceptors (Lipinski definition) is 5. The average Bonchev–Trinajstić information content (AvgIpc) is 2.80. The van der Waals surface area contributed by atoms with E-state index >= 15 is 0 Å². The molecule has 1 unspecified atom stereocenters. The van der Waals surface area contributed by atoms with Crippen LogP contribution in [0.5, 0.6) is 0 Å². The van der Waals surface area contributed by atoms with E-state index in [9.17, 15) is 24.5 Å². The first kappa shape index (κ1) is 14.4. The summed E-state index contributed by atoms with van der Waals surface area (Å²) in [6, 6.07) is 3.22. The number of nitro groups is 1. The Balaban J connectivity index is 2.44. The largest absolute Gasteiger partial charge is 0.478 e. The monoisotopic (exact) mass is 293 g/mol. The highest BCUT2D eigenvalue weighted by Gasteiger charge is 2.37. The van der Waals surface area contributed by atoms with Crippen LogP contribution >= 0.6 is 0 Å². The Morgan fingerprint density at radius 2 is 2.10 bits per heavy atom. The minimum Gasteiger partial charge on any atom is -0.478 e. The molecule has 0 saturated carbocycles. The van der Waals surface area contributed by atoms with Crippen LogP contribution in [0.25, 0.3) is 0 Å². The lowest BCUT2D eigenvalue weighted by Crippen LogP contribution is -2.28. The van der Waals surface area contributed by atoms with E-state index in [1.165, 1.54) is 6.07 Å². The number of primary amides is 1. The van der Waals surface area contributed by atoms with Gasteiger partial charge in [0.05, 0.1) is 16.4 Å². The summed E-state index contributed by atoms with van der Waals surface area (Å²) in [7, 11) is 0. The molecule has 21 heavy (non-hydrogen) atoms. The Hall–Kier alpha value is -2.97. The molecule has 9 nitrogen and oxygen atoms in total. The molecule has 1 saturated heterocycles. The van der Waals surface area contributed by atoms with E-state index in [0.29, 0.717) is 0 Å². The zero-order valence-corrected chi connectivity index (χ0v) is 10.7. The number of nitrogens with two attached hydrogens (primary N) is 1. The number of amides is 2. The fourth-order valence-corrected chi connectivity index (χ4v) is 2.16. The Morgan fingerprint density at radius 1 is 1.43 bits per heavy atom. The van der Waals surface area contributed by atoms with Crippen LogP contribution < -0.4 is 10.6 Å². The predicted octanol–water partition coefficient (Wildman–Crippen LogP) is 0.131. The molecular formula is C12H11N3O6. The lowest BCUT2D eigenvalue weighted by molar-refractivity contribution is -0.384. The maximum Gasteiger partial charge on any atom is 0.335 e. The molecule has 1 aliphatic rings. The molecule has 0 aromatic heterocycles. The van der Waals surface area contributed by atoms with E-state index in [2.05, 4.69) is 0 Å². The van der Waals surface area contributed by atoms with E-state index in [1.807, 2.05) is 0 Å². The van der Waals surface area contributed by atoms with Crippen molar-refractivity contribution in [1.82, 2.24) is 0 Å². The summed E-state index contributed by atoms with van der Waals surface area (Å²) in [5.74, 6) is -3.15. The van der Waals surface area contributed by atoms with Crippen molar-refractivity contribution in [2.75, 3.05) is 11.4 Å². The van der Waals surface area contributed by atoms with Gasteiger partial charge in [-0.15, -0.1) is 0 Å². The van der Waals surface area contributed by atoms with Gasteiger partial charge in [-0.2, -0.15) is 0 Å². The van der Waals surface area contributed by atoms with Gasteiger partial charge in [0, 0.05) is 19.0 Å². The fourth-order valence-electron chi connectivity index (χ4n) is 2.16. The average molecular weight is 293 g/mol. The molecule has 9 heteroatoms. The van der Waals surface area contributed by atoms with Crippen molar-refractivity contribution < 1.29 is 24.4 Å². The van der Waals surface area contributed by atoms with E-state index in [1.54, 1.807) is 0 Å². The van der Waals surface area contributed by atoms with Gasteiger partial charge < -0.3 is 15.7 Å². The molecule has 1 atom stereocenters. The van der Waals surface area contributed by atoms with Crippen LogP contribution in [0.4, 0.5) is 11.4 Å². The number of hydrogen-bond donors (Lipinski definition) is 2. The van der Waals surface area contributed by atoms with Crippen LogP contribution in [-0.4, -0.2) is 34.4 Å². The second-order valence-electron chi connectivity index (χ2n) is 4.57. The third kappa shape index (κ3) is 2.66. The van der Waals surface area contributed by atoms with Crippen molar-refractivity contribution in [3.63, 3.8) is 0 Å². The number of carbonyl (C=O) groups is 3. The van der Waals surface area contributed by atoms with Crippen LogP contribution in [0, 0.1) is 16.0 Å². The number of carbonyl (C=O) groups excluding carboxylic acids is 2. The van der Waals surface area contributed by atoms with Crippen LogP contribution in [0.2, 0.25) is 0 Å². The molecule has 0 bridgehead atoms. The number of carboxylic acids is 1. The summed E-state index contributed by atoms with van der Waals surface area (Å²) >= 11 is 0. The smallest absolute Gasteiger partial charge is 0.335 e. The molecule has 0 spiro atoms. The molecule has 2 amide bonds. The quantitative estimate of drug-likeness (QED) is 0.596. The molecular weight excluding hydrogens is 282 g/mol. The van der Waals surface area contributed by atoms with Crippen molar-refractivity contribution in [3.8, 4) is 0 Å². The highest BCUT2D eigenvalue weighted by Crippen LogP contribution is 2.33. The minimum absolute atomic E-state index is 0.0428. The lowest BCUT2D eigenvalue weighted by atomic mass is 10.1. The van der Waals surface area contributed by atoms with Gasteiger partial charge in [-0.25, -0.2) is 4.79 Å². The van der Waals surface area contributed by atoms with E-state index in [-0.39, 0.29) is 24.2 Å². The van der Waals surface area contributed by atoms with Gasteiger partial charge in [0.2, 0.25) is 11.8 Å². The molecule has 110 valence electrons. The number of carboxylic acid groups (broad SMARTS) is 1. The zero-order chi connectivity index (χ0) is 15.7. The van der Waals surface area contributed by atoms with E-state index in [0.717, 1.165) is 17.0 Å². The normalized spacial score (nSPS) is 17.8. The Kier molecular flexibility index (Phi) is 3.57. The maximum absolute atomic E-state index is 11.9. The van der Waals surface area contributed by atoms with Crippen molar-refractivity contribution in [2.24, 2.45) is 11.7 Å². The Bertz CT molecular complexity index is 656. The Morgan fingerprint density at radius 3 is 2.57 bits per heavy atom. The topological polar surface area (TPSA) is 144 Å². The molecule has 1 aliphatic heterocycles. The fraction of sp³-hybridized carbons (Fsp3) is 0.250. The third-order valence-corrected chi connectivity index (χ3v) is 3.24.